The molecule has 0 fully saturated rings. The Hall–Kier alpha value is -2.02. The Kier molecular flexibility index (Phi) is 5.49. The molecule has 0 saturated heterocycles. The maximum absolute atomic E-state index is 13.1. The number of hydrogen-bond donors (Lipinski definition) is 1. The highest BCUT2D eigenvalue weighted by Crippen LogP contribution is 2.46. The van der Waals surface area contributed by atoms with Gasteiger partial charge in [-0.05, 0) is 60.6 Å². The molecular formula is C22H26F3NO2S. The minimum absolute atomic E-state index is 0.0276. The third-order valence-electron chi connectivity index (χ3n) is 5.56. The van der Waals surface area contributed by atoms with Crippen LogP contribution in [0, 0.1) is 0 Å². The molecule has 0 aliphatic carbocycles. The Morgan fingerprint density at radius 1 is 1.14 bits per heavy atom. The Labute approximate surface area is 170 Å². The molecule has 1 aliphatic heterocycles. The van der Waals surface area contributed by atoms with Crippen molar-refractivity contribution in [2.24, 2.45) is 0 Å². The molecule has 3 nitrogen and oxygen atoms in total. The van der Waals surface area contributed by atoms with Gasteiger partial charge in [0, 0.05) is 5.69 Å². The number of nitrogens with one attached hydrogen (secondary N) is 1. The zero-order valence-electron chi connectivity index (χ0n) is 17.0. The lowest BCUT2D eigenvalue weighted by Gasteiger charge is -2.39. The van der Waals surface area contributed by atoms with Crippen LogP contribution in [0.3, 0.4) is 0 Å². The zero-order chi connectivity index (χ0) is 21.6. The SMILES string of the molecule is CC(C)S(=O)(=O)Cc1cccc(C2CC(C)(C)c3cc(C(F)(F)F)ccc3N2)c1. The molecule has 0 radical (unpaired) electrons. The summed E-state index contributed by atoms with van der Waals surface area (Å²) in [6.07, 6.45) is -3.78. The standard InChI is InChI=1S/C22H26F3NO2S/c1-14(2)29(27,28)13-15-6-5-7-16(10-15)20-12-21(3,4)18-11-17(22(23,24)25)8-9-19(18)26-20/h5-11,14,20,26H,12-13H2,1-4H3. The van der Waals surface area contributed by atoms with E-state index < -0.39 is 32.2 Å². The summed E-state index contributed by atoms with van der Waals surface area (Å²) in [5, 5.41) is 2.89. The Morgan fingerprint density at radius 3 is 2.45 bits per heavy atom. The second-order valence-electron chi connectivity index (χ2n) is 8.64. The van der Waals surface area contributed by atoms with Crippen molar-refractivity contribution in [2.75, 3.05) is 5.32 Å². The van der Waals surface area contributed by atoms with Gasteiger partial charge in [-0.1, -0.05) is 38.1 Å². The molecule has 1 atom stereocenters. The van der Waals surface area contributed by atoms with Crippen molar-refractivity contribution in [3.8, 4) is 0 Å². The van der Waals surface area contributed by atoms with Gasteiger partial charge in [-0.25, -0.2) is 8.42 Å². The number of fused-ring (bicyclic) bond motifs is 1. The molecule has 7 heteroatoms. The first-order valence-corrected chi connectivity index (χ1v) is 11.3. The number of sulfone groups is 1. The summed E-state index contributed by atoms with van der Waals surface area (Å²) in [5.41, 5.74) is 1.85. The van der Waals surface area contributed by atoms with Gasteiger partial charge in [-0.2, -0.15) is 13.2 Å². The number of halogens is 3. The minimum Gasteiger partial charge on any atom is -0.378 e. The Bertz CT molecular complexity index is 1010. The van der Waals surface area contributed by atoms with E-state index in [0.717, 1.165) is 11.6 Å². The highest BCUT2D eigenvalue weighted by molar-refractivity contribution is 7.91. The first kappa shape index (κ1) is 21.7. The van der Waals surface area contributed by atoms with Crippen molar-refractivity contribution in [1.29, 1.82) is 0 Å². The Balaban J connectivity index is 1.92. The van der Waals surface area contributed by atoms with Crippen LogP contribution in [0.15, 0.2) is 42.5 Å². The molecule has 2 aromatic carbocycles. The van der Waals surface area contributed by atoms with Crippen molar-refractivity contribution in [3.63, 3.8) is 0 Å². The number of rotatable bonds is 4. The molecule has 0 amide bonds. The van der Waals surface area contributed by atoms with E-state index >= 15 is 0 Å². The molecule has 1 unspecified atom stereocenters. The van der Waals surface area contributed by atoms with Gasteiger partial charge in [-0.3, -0.25) is 0 Å². The van der Waals surface area contributed by atoms with Gasteiger partial charge < -0.3 is 5.32 Å². The summed E-state index contributed by atoms with van der Waals surface area (Å²) < 4.78 is 63.9. The maximum Gasteiger partial charge on any atom is 0.416 e. The topological polar surface area (TPSA) is 46.2 Å². The molecule has 0 aromatic heterocycles. The van der Waals surface area contributed by atoms with E-state index in [2.05, 4.69) is 5.32 Å². The van der Waals surface area contributed by atoms with Gasteiger partial charge in [0.25, 0.3) is 0 Å². The van der Waals surface area contributed by atoms with Gasteiger partial charge in [0.1, 0.15) is 0 Å². The third-order valence-corrected chi connectivity index (χ3v) is 7.73. The molecule has 0 saturated carbocycles. The summed E-state index contributed by atoms with van der Waals surface area (Å²) >= 11 is 0. The predicted octanol–water partition coefficient (Wildman–Crippen LogP) is 5.86. The van der Waals surface area contributed by atoms with Crippen LogP contribution in [-0.2, 0) is 27.2 Å². The Morgan fingerprint density at radius 2 is 1.83 bits per heavy atom. The molecule has 1 N–H and O–H groups in total. The van der Waals surface area contributed by atoms with Gasteiger partial charge >= 0.3 is 6.18 Å². The normalized spacial score (nSPS) is 19.0. The zero-order valence-corrected chi connectivity index (χ0v) is 17.8. The van der Waals surface area contributed by atoms with Crippen LogP contribution in [0.25, 0.3) is 0 Å². The quantitative estimate of drug-likeness (QED) is 0.667. The lowest BCUT2D eigenvalue weighted by molar-refractivity contribution is -0.137. The van der Waals surface area contributed by atoms with Gasteiger partial charge in [0.2, 0.25) is 0 Å². The average molecular weight is 426 g/mol. The van der Waals surface area contributed by atoms with Crippen LogP contribution in [-0.4, -0.2) is 13.7 Å². The molecule has 1 aliphatic rings. The van der Waals surface area contributed by atoms with Crippen molar-refractivity contribution in [1.82, 2.24) is 0 Å². The first-order chi connectivity index (χ1) is 13.3. The summed E-state index contributed by atoms with van der Waals surface area (Å²) in [6, 6.07) is 11.1. The largest absolute Gasteiger partial charge is 0.416 e. The minimum atomic E-state index is -4.38. The van der Waals surface area contributed by atoms with E-state index in [4.69, 9.17) is 0 Å². The highest BCUT2D eigenvalue weighted by atomic mass is 32.2. The molecule has 29 heavy (non-hydrogen) atoms. The molecule has 158 valence electrons. The molecule has 1 heterocycles. The van der Waals surface area contributed by atoms with Crippen molar-refractivity contribution >= 4 is 15.5 Å². The maximum atomic E-state index is 13.1. The van der Waals surface area contributed by atoms with Crippen molar-refractivity contribution in [3.05, 3.63) is 64.7 Å². The number of hydrogen-bond acceptors (Lipinski definition) is 3. The van der Waals surface area contributed by atoms with Crippen LogP contribution in [0.5, 0.6) is 0 Å². The van der Waals surface area contributed by atoms with E-state index in [0.29, 0.717) is 23.2 Å². The molecule has 0 spiro atoms. The molecule has 2 aromatic rings. The fraction of sp³-hybridized carbons (Fsp3) is 0.455. The van der Waals surface area contributed by atoms with Crippen molar-refractivity contribution < 1.29 is 21.6 Å². The summed E-state index contributed by atoms with van der Waals surface area (Å²) in [5.74, 6) is -0.0276. The summed E-state index contributed by atoms with van der Waals surface area (Å²) in [4.78, 5) is 0. The second-order valence-corrected chi connectivity index (χ2v) is 11.2. The highest BCUT2D eigenvalue weighted by Gasteiger charge is 2.37. The monoisotopic (exact) mass is 425 g/mol. The van der Waals surface area contributed by atoms with Crippen molar-refractivity contribution in [2.45, 2.75) is 62.8 Å². The molecular weight excluding hydrogens is 399 g/mol. The number of anilines is 1. The second kappa shape index (κ2) is 7.35. The van der Waals surface area contributed by atoms with E-state index in [9.17, 15) is 21.6 Å². The van der Waals surface area contributed by atoms with E-state index in [-0.39, 0.29) is 11.8 Å². The van der Waals surface area contributed by atoms with Crippen LogP contribution in [0.1, 0.15) is 62.4 Å². The van der Waals surface area contributed by atoms with E-state index in [1.807, 2.05) is 32.0 Å². The van der Waals surface area contributed by atoms with Gasteiger partial charge in [-0.15, -0.1) is 0 Å². The van der Waals surface area contributed by atoms with Crippen LogP contribution >= 0.6 is 0 Å². The van der Waals surface area contributed by atoms with E-state index in [1.54, 1.807) is 19.9 Å². The summed E-state index contributed by atoms with van der Waals surface area (Å²) in [7, 11) is -3.22. The summed E-state index contributed by atoms with van der Waals surface area (Å²) in [6.45, 7) is 7.20. The molecule has 3 rings (SSSR count). The average Bonchev–Trinajstić information content (AvgIpc) is 2.59. The lowest BCUT2D eigenvalue weighted by Crippen LogP contribution is -2.31. The van der Waals surface area contributed by atoms with Gasteiger partial charge in [0.15, 0.2) is 9.84 Å². The van der Waals surface area contributed by atoms with Crippen LogP contribution in [0.4, 0.5) is 18.9 Å². The predicted molar refractivity (Wildman–Crippen MR) is 110 cm³/mol. The number of benzene rings is 2. The van der Waals surface area contributed by atoms with E-state index in [1.165, 1.54) is 12.1 Å². The fourth-order valence-corrected chi connectivity index (χ4v) is 4.74. The fourth-order valence-electron chi connectivity index (χ4n) is 3.77. The van der Waals surface area contributed by atoms with Gasteiger partial charge in [0.05, 0.1) is 22.6 Å². The molecule has 0 bridgehead atoms. The third kappa shape index (κ3) is 4.60. The smallest absolute Gasteiger partial charge is 0.378 e. The lowest BCUT2D eigenvalue weighted by atomic mass is 9.73. The first-order valence-electron chi connectivity index (χ1n) is 9.58. The number of alkyl halides is 3. The van der Waals surface area contributed by atoms with Crippen LogP contribution in [0.2, 0.25) is 0 Å². The van der Waals surface area contributed by atoms with Crippen LogP contribution < -0.4 is 5.32 Å².